The van der Waals surface area contributed by atoms with Crippen LogP contribution in [0.15, 0.2) is 64.6 Å². The highest BCUT2D eigenvalue weighted by Crippen LogP contribution is 2.47. The number of benzene rings is 2. The van der Waals surface area contributed by atoms with Gasteiger partial charge in [-0.1, -0.05) is 47.5 Å². The first kappa shape index (κ1) is 18.3. The molecule has 1 aromatic heterocycles. The third-order valence-corrected chi connectivity index (χ3v) is 6.20. The van der Waals surface area contributed by atoms with Gasteiger partial charge in [0.15, 0.2) is 5.78 Å². The number of allylic oxidation sites excluding steroid dienone is 2. The van der Waals surface area contributed by atoms with Crippen molar-refractivity contribution < 1.29 is 4.79 Å². The van der Waals surface area contributed by atoms with E-state index in [1.54, 1.807) is 18.2 Å². The fourth-order valence-electron chi connectivity index (χ4n) is 4.27. The van der Waals surface area contributed by atoms with Crippen LogP contribution >= 0.6 is 23.2 Å². The molecule has 5 rings (SSSR count). The van der Waals surface area contributed by atoms with E-state index in [1.807, 2.05) is 30.3 Å². The zero-order valence-electron chi connectivity index (χ0n) is 15.3. The minimum atomic E-state index is -0.607. The van der Waals surface area contributed by atoms with Crippen LogP contribution in [0.4, 0.5) is 5.82 Å². The molecule has 29 heavy (non-hydrogen) atoms. The largest absolute Gasteiger partial charge is 0.343 e. The predicted octanol–water partition coefficient (Wildman–Crippen LogP) is 5.04. The molecular weight excluding hydrogens is 409 g/mol. The molecule has 0 saturated heterocycles. The lowest BCUT2D eigenvalue weighted by Gasteiger charge is -2.32. The Hall–Kier alpha value is -2.76. The summed E-state index contributed by atoms with van der Waals surface area (Å²) >= 11 is 13.1. The molecule has 0 radical (unpaired) electrons. The van der Waals surface area contributed by atoms with Crippen LogP contribution in [-0.4, -0.2) is 15.6 Å². The predicted molar refractivity (Wildman–Crippen MR) is 114 cm³/mol. The van der Waals surface area contributed by atoms with Crippen molar-refractivity contribution >= 4 is 34.8 Å². The fourth-order valence-corrected chi connectivity index (χ4v) is 4.89. The van der Waals surface area contributed by atoms with Gasteiger partial charge in [0.2, 0.25) is 0 Å². The second-order valence-electron chi connectivity index (χ2n) is 7.24. The Morgan fingerprint density at radius 3 is 2.34 bits per heavy atom. The third-order valence-electron chi connectivity index (χ3n) is 5.54. The van der Waals surface area contributed by atoms with Crippen LogP contribution in [-0.2, 0) is 4.79 Å². The molecule has 0 fully saturated rings. The molecule has 1 atom stereocenters. The Labute approximate surface area is 176 Å². The van der Waals surface area contributed by atoms with Gasteiger partial charge in [-0.05, 0) is 37.1 Å². The number of halogens is 2. The first-order valence-electron chi connectivity index (χ1n) is 9.43. The van der Waals surface area contributed by atoms with Crippen LogP contribution in [0, 0.1) is 0 Å². The Morgan fingerprint density at radius 2 is 1.62 bits per heavy atom. The molecule has 1 unspecified atom stereocenters. The molecule has 0 saturated carbocycles. The third kappa shape index (κ3) is 2.84. The van der Waals surface area contributed by atoms with E-state index in [-0.39, 0.29) is 11.3 Å². The molecule has 0 spiro atoms. The van der Waals surface area contributed by atoms with Gasteiger partial charge in [0.1, 0.15) is 5.82 Å². The van der Waals surface area contributed by atoms with E-state index in [4.69, 9.17) is 23.2 Å². The molecule has 3 aromatic rings. The summed E-state index contributed by atoms with van der Waals surface area (Å²) in [7, 11) is 0. The van der Waals surface area contributed by atoms with Crippen molar-refractivity contribution in [3.8, 4) is 5.69 Å². The van der Waals surface area contributed by atoms with Crippen molar-refractivity contribution in [1.29, 1.82) is 0 Å². The van der Waals surface area contributed by atoms with Crippen LogP contribution in [0.5, 0.6) is 0 Å². The zero-order valence-corrected chi connectivity index (χ0v) is 16.8. The standard InChI is InChI=1S/C22H17Cl2N3O2/c23-13-8-4-9-14(24)17(13)19-18-15(10-5-11-16(18)28)25-21-20(19)22(29)27(26-21)12-6-2-1-3-7-12/h1-4,6-9,19,25-26H,5,10-11H2. The number of Topliss-reactive ketones (excluding diaryl/α,β-unsaturated/α-hetero) is 1. The number of carbonyl (C=O) groups excluding carboxylic acids is 1. The maximum atomic E-state index is 13.5. The van der Waals surface area contributed by atoms with E-state index in [0.717, 1.165) is 18.5 Å². The Bertz CT molecular complexity index is 1200. The average molecular weight is 426 g/mol. The highest BCUT2D eigenvalue weighted by atomic mass is 35.5. The summed E-state index contributed by atoms with van der Waals surface area (Å²) in [5.74, 6) is -0.00509. The van der Waals surface area contributed by atoms with Crippen molar-refractivity contribution in [2.24, 2.45) is 0 Å². The lowest BCUT2D eigenvalue weighted by Crippen LogP contribution is -2.30. The smallest absolute Gasteiger partial charge is 0.277 e. The number of hydrogen-bond acceptors (Lipinski definition) is 3. The maximum absolute atomic E-state index is 13.5. The van der Waals surface area contributed by atoms with E-state index in [2.05, 4.69) is 10.4 Å². The maximum Gasteiger partial charge on any atom is 0.277 e. The van der Waals surface area contributed by atoms with Gasteiger partial charge < -0.3 is 5.32 Å². The molecule has 1 aliphatic heterocycles. The molecule has 0 amide bonds. The number of H-pyrrole nitrogens is 1. The molecule has 2 N–H and O–H groups in total. The van der Waals surface area contributed by atoms with Crippen LogP contribution in [0.3, 0.4) is 0 Å². The average Bonchev–Trinajstić information content (AvgIpc) is 3.04. The van der Waals surface area contributed by atoms with Gasteiger partial charge in [-0.2, -0.15) is 0 Å². The lowest BCUT2D eigenvalue weighted by atomic mass is 9.77. The van der Waals surface area contributed by atoms with Gasteiger partial charge in [-0.15, -0.1) is 0 Å². The van der Waals surface area contributed by atoms with E-state index in [0.29, 0.717) is 44.7 Å². The second-order valence-corrected chi connectivity index (χ2v) is 8.05. The summed E-state index contributed by atoms with van der Waals surface area (Å²) in [6, 6.07) is 14.5. The summed E-state index contributed by atoms with van der Waals surface area (Å²) in [5.41, 5.74) is 2.95. The molecule has 146 valence electrons. The van der Waals surface area contributed by atoms with E-state index in [1.165, 1.54) is 4.68 Å². The van der Waals surface area contributed by atoms with E-state index in [9.17, 15) is 9.59 Å². The quantitative estimate of drug-likeness (QED) is 0.604. The van der Waals surface area contributed by atoms with Gasteiger partial charge in [-0.25, -0.2) is 4.68 Å². The zero-order chi connectivity index (χ0) is 20.1. The van der Waals surface area contributed by atoms with Gasteiger partial charge in [0, 0.05) is 33.3 Å². The molecular formula is C22H17Cl2N3O2. The topological polar surface area (TPSA) is 66.9 Å². The minimum Gasteiger partial charge on any atom is -0.343 e. The summed E-state index contributed by atoms with van der Waals surface area (Å²) < 4.78 is 1.48. The number of carbonyl (C=O) groups is 1. The number of nitrogens with one attached hydrogen (secondary N) is 2. The Kier molecular flexibility index (Phi) is 4.37. The first-order valence-corrected chi connectivity index (χ1v) is 10.2. The van der Waals surface area contributed by atoms with Crippen molar-refractivity contribution in [2.75, 3.05) is 5.32 Å². The second kappa shape index (κ2) is 6.94. The van der Waals surface area contributed by atoms with Crippen molar-refractivity contribution in [2.45, 2.75) is 25.2 Å². The van der Waals surface area contributed by atoms with Crippen LogP contribution in [0.1, 0.15) is 36.3 Å². The number of ketones is 1. The van der Waals surface area contributed by atoms with Crippen LogP contribution < -0.4 is 10.9 Å². The van der Waals surface area contributed by atoms with Crippen LogP contribution in [0.25, 0.3) is 5.69 Å². The number of hydrogen-bond donors (Lipinski definition) is 2. The van der Waals surface area contributed by atoms with E-state index < -0.39 is 5.92 Å². The van der Waals surface area contributed by atoms with Crippen molar-refractivity contribution in [3.63, 3.8) is 0 Å². The normalized spacial score (nSPS) is 18.3. The summed E-state index contributed by atoms with van der Waals surface area (Å²) in [4.78, 5) is 26.4. The molecule has 5 nitrogen and oxygen atoms in total. The SMILES string of the molecule is O=C1CCCC2=C1C(c1c(Cl)cccc1Cl)c1c([nH]n(-c3ccccc3)c1=O)N2. The number of fused-ring (bicyclic) bond motifs is 1. The van der Waals surface area contributed by atoms with Crippen LogP contribution in [0.2, 0.25) is 10.0 Å². The number of aromatic amines is 1. The highest BCUT2D eigenvalue weighted by Gasteiger charge is 2.40. The number of aromatic nitrogens is 2. The molecule has 1 aliphatic carbocycles. The van der Waals surface area contributed by atoms with Gasteiger partial charge >= 0.3 is 0 Å². The first-order chi connectivity index (χ1) is 14.1. The molecule has 2 aromatic carbocycles. The summed E-state index contributed by atoms with van der Waals surface area (Å²) in [6.07, 6.45) is 1.95. The number of para-hydroxylation sites is 1. The monoisotopic (exact) mass is 425 g/mol. The molecule has 0 bridgehead atoms. The van der Waals surface area contributed by atoms with Gasteiger partial charge in [0.25, 0.3) is 5.56 Å². The molecule has 2 aliphatic rings. The summed E-state index contributed by atoms with van der Waals surface area (Å²) in [5, 5.41) is 7.34. The van der Waals surface area contributed by atoms with Gasteiger partial charge in [0.05, 0.1) is 17.2 Å². The highest BCUT2D eigenvalue weighted by molar-refractivity contribution is 6.36. The van der Waals surface area contributed by atoms with Gasteiger partial charge in [-0.3, -0.25) is 14.7 Å². The van der Waals surface area contributed by atoms with Crippen molar-refractivity contribution in [1.82, 2.24) is 9.78 Å². The molecule has 2 heterocycles. The summed E-state index contributed by atoms with van der Waals surface area (Å²) in [6.45, 7) is 0. The lowest BCUT2D eigenvalue weighted by molar-refractivity contribution is -0.116. The molecule has 7 heteroatoms. The Morgan fingerprint density at radius 1 is 0.897 bits per heavy atom. The van der Waals surface area contributed by atoms with Crippen molar-refractivity contribution in [3.05, 3.63) is 91.3 Å². The number of nitrogens with zero attached hydrogens (tertiary/aromatic N) is 1. The van der Waals surface area contributed by atoms with E-state index >= 15 is 0 Å². The Balaban J connectivity index is 1.80. The minimum absolute atomic E-state index is 0.0252. The number of anilines is 1. The fraction of sp³-hybridized carbons (Fsp3) is 0.182. The number of rotatable bonds is 2.